The van der Waals surface area contributed by atoms with Crippen LogP contribution >= 0.6 is 0 Å². The highest BCUT2D eigenvalue weighted by molar-refractivity contribution is 7.91. The zero-order valence-corrected chi connectivity index (χ0v) is 13.0. The molecule has 1 rings (SSSR count). The summed E-state index contributed by atoms with van der Waals surface area (Å²) in [5.74, 6) is -1.04. The van der Waals surface area contributed by atoms with E-state index in [1.165, 1.54) is 7.11 Å². The molecular formula is C15H22O4S. The van der Waals surface area contributed by atoms with Crippen LogP contribution in [0.3, 0.4) is 0 Å². The van der Waals surface area contributed by atoms with Crippen molar-refractivity contribution in [3.8, 4) is 0 Å². The molecule has 0 N–H and O–H groups in total. The van der Waals surface area contributed by atoms with Crippen LogP contribution in [0.2, 0.25) is 0 Å². The second kappa shape index (κ2) is 7.43. The Morgan fingerprint density at radius 2 is 1.80 bits per heavy atom. The minimum Gasteiger partial charge on any atom is -0.469 e. The minimum atomic E-state index is -3.28. The monoisotopic (exact) mass is 298 g/mol. The third-order valence-corrected chi connectivity index (χ3v) is 4.81. The van der Waals surface area contributed by atoms with Gasteiger partial charge in [0.1, 0.15) is 0 Å². The first-order valence-electron chi connectivity index (χ1n) is 6.69. The molecule has 0 spiro atoms. The summed E-state index contributed by atoms with van der Waals surface area (Å²) in [5.41, 5.74) is 0.674. The number of benzene rings is 1. The zero-order chi connectivity index (χ0) is 15.2. The van der Waals surface area contributed by atoms with Gasteiger partial charge in [0.25, 0.3) is 0 Å². The van der Waals surface area contributed by atoms with Crippen LogP contribution in [0.1, 0.15) is 31.7 Å². The number of carbonyl (C=O) groups is 1. The van der Waals surface area contributed by atoms with Gasteiger partial charge in [-0.15, -0.1) is 0 Å². The highest BCUT2D eigenvalue weighted by Crippen LogP contribution is 2.20. The van der Waals surface area contributed by atoms with Gasteiger partial charge in [-0.3, -0.25) is 4.79 Å². The molecule has 4 nitrogen and oxygen atoms in total. The number of sulfone groups is 1. The summed E-state index contributed by atoms with van der Waals surface area (Å²) in [6.07, 6.45) is 0.602. The molecule has 0 fully saturated rings. The van der Waals surface area contributed by atoms with E-state index in [0.717, 1.165) is 0 Å². The maximum Gasteiger partial charge on any atom is 0.314 e. The van der Waals surface area contributed by atoms with Crippen LogP contribution in [0, 0.1) is 5.92 Å². The summed E-state index contributed by atoms with van der Waals surface area (Å²) in [7, 11) is -2.00. The van der Waals surface area contributed by atoms with Gasteiger partial charge in [0, 0.05) is 0 Å². The van der Waals surface area contributed by atoms with Gasteiger partial charge in [-0.2, -0.15) is 0 Å². The minimum absolute atomic E-state index is 0.102. The second-order valence-electron chi connectivity index (χ2n) is 5.28. The van der Waals surface area contributed by atoms with Gasteiger partial charge < -0.3 is 4.74 Å². The van der Waals surface area contributed by atoms with Crippen LogP contribution in [-0.4, -0.2) is 33.0 Å². The Kier molecular flexibility index (Phi) is 6.20. The maximum atomic E-state index is 12.1. The van der Waals surface area contributed by atoms with Crippen molar-refractivity contribution in [2.45, 2.75) is 26.2 Å². The molecule has 1 aromatic carbocycles. The van der Waals surface area contributed by atoms with Crippen LogP contribution in [0.5, 0.6) is 0 Å². The van der Waals surface area contributed by atoms with Crippen molar-refractivity contribution >= 4 is 15.8 Å². The summed E-state index contributed by atoms with van der Waals surface area (Å²) in [6.45, 7) is 3.95. The molecule has 1 atom stereocenters. The lowest BCUT2D eigenvalue weighted by molar-refractivity contribution is -0.141. The van der Waals surface area contributed by atoms with Crippen molar-refractivity contribution in [2.24, 2.45) is 5.92 Å². The van der Waals surface area contributed by atoms with E-state index in [-0.39, 0.29) is 11.5 Å². The molecule has 0 bridgehead atoms. The lowest BCUT2D eigenvalue weighted by atomic mass is 10.0. The Morgan fingerprint density at radius 3 is 2.30 bits per heavy atom. The van der Waals surface area contributed by atoms with E-state index in [0.29, 0.717) is 17.9 Å². The molecule has 1 aromatic rings. The van der Waals surface area contributed by atoms with Gasteiger partial charge in [-0.1, -0.05) is 44.2 Å². The fourth-order valence-electron chi connectivity index (χ4n) is 1.88. The smallest absolute Gasteiger partial charge is 0.314 e. The molecule has 20 heavy (non-hydrogen) atoms. The Balaban J connectivity index is 2.89. The molecule has 0 heterocycles. The quantitative estimate of drug-likeness (QED) is 0.725. The molecule has 1 unspecified atom stereocenters. The van der Waals surface area contributed by atoms with Crippen LogP contribution in [0.25, 0.3) is 0 Å². The predicted octanol–water partition coefficient (Wildman–Crippen LogP) is 2.40. The largest absolute Gasteiger partial charge is 0.469 e. The van der Waals surface area contributed by atoms with Crippen molar-refractivity contribution in [3.63, 3.8) is 0 Å². The molecule has 0 aliphatic heterocycles. The normalized spacial score (nSPS) is 13.2. The lowest BCUT2D eigenvalue weighted by Crippen LogP contribution is -2.25. The average molecular weight is 298 g/mol. The van der Waals surface area contributed by atoms with E-state index in [1.54, 1.807) is 24.3 Å². The first kappa shape index (κ1) is 16.7. The van der Waals surface area contributed by atoms with Gasteiger partial charge in [0.05, 0.1) is 24.5 Å². The van der Waals surface area contributed by atoms with E-state index in [4.69, 9.17) is 4.74 Å². The van der Waals surface area contributed by atoms with Crippen molar-refractivity contribution in [1.82, 2.24) is 0 Å². The first-order valence-corrected chi connectivity index (χ1v) is 8.51. The zero-order valence-electron chi connectivity index (χ0n) is 12.2. The van der Waals surface area contributed by atoms with Crippen molar-refractivity contribution in [2.75, 3.05) is 18.6 Å². The van der Waals surface area contributed by atoms with E-state index >= 15 is 0 Å². The number of hydrogen-bond donors (Lipinski definition) is 0. The van der Waals surface area contributed by atoms with Crippen LogP contribution in [-0.2, 0) is 19.4 Å². The molecule has 5 heteroatoms. The molecule has 0 amide bonds. The lowest BCUT2D eigenvalue weighted by Gasteiger charge is -2.15. The number of carbonyl (C=O) groups excluding carboxylic acids is 1. The number of esters is 1. The molecule has 0 aliphatic rings. The molecule has 0 radical (unpaired) electrons. The number of rotatable bonds is 7. The van der Waals surface area contributed by atoms with Gasteiger partial charge in [-0.05, 0) is 17.9 Å². The Bertz CT molecular complexity index is 520. The van der Waals surface area contributed by atoms with Gasteiger partial charge in [-0.25, -0.2) is 8.42 Å². The Labute approximate surface area is 121 Å². The maximum absolute atomic E-state index is 12.1. The average Bonchev–Trinajstić information content (AvgIpc) is 2.43. The standard InChI is InChI=1S/C15H22O4S/c1-12(2)9-10-20(17,18)11-14(15(16)19-3)13-7-5-4-6-8-13/h4-8,12,14H,9-11H2,1-3H3. The topological polar surface area (TPSA) is 60.4 Å². The van der Waals surface area contributed by atoms with E-state index < -0.39 is 21.7 Å². The number of hydrogen-bond acceptors (Lipinski definition) is 4. The summed E-state index contributed by atoms with van der Waals surface area (Å²) in [5, 5.41) is 0. The molecular weight excluding hydrogens is 276 g/mol. The summed E-state index contributed by atoms with van der Waals surface area (Å²) in [6, 6.07) is 8.89. The van der Waals surface area contributed by atoms with Crippen LogP contribution < -0.4 is 0 Å². The fourth-order valence-corrected chi connectivity index (χ4v) is 3.71. The Morgan fingerprint density at radius 1 is 1.20 bits per heavy atom. The molecule has 112 valence electrons. The number of ether oxygens (including phenoxy) is 1. The predicted molar refractivity (Wildman–Crippen MR) is 79.3 cm³/mol. The summed E-state index contributed by atoms with van der Waals surface area (Å²) in [4.78, 5) is 11.8. The van der Waals surface area contributed by atoms with Crippen LogP contribution in [0.4, 0.5) is 0 Å². The molecule has 0 aliphatic carbocycles. The van der Waals surface area contributed by atoms with Crippen molar-refractivity contribution in [1.29, 1.82) is 0 Å². The van der Waals surface area contributed by atoms with Crippen molar-refractivity contribution < 1.29 is 17.9 Å². The molecule has 0 saturated heterocycles. The number of methoxy groups -OCH3 is 1. The third-order valence-electron chi connectivity index (χ3n) is 3.11. The van der Waals surface area contributed by atoms with Gasteiger partial charge >= 0.3 is 5.97 Å². The molecule has 0 aromatic heterocycles. The van der Waals surface area contributed by atoms with E-state index in [1.807, 2.05) is 19.9 Å². The summed E-state index contributed by atoms with van der Waals surface area (Å²) < 4.78 is 29.0. The first-order chi connectivity index (χ1) is 9.35. The highest BCUT2D eigenvalue weighted by atomic mass is 32.2. The van der Waals surface area contributed by atoms with Crippen LogP contribution in [0.15, 0.2) is 30.3 Å². The van der Waals surface area contributed by atoms with Gasteiger partial charge in [0.15, 0.2) is 9.84 Å². The molecule has 0 saturated carbocycles. The SMILES string of the molecule is COC(=O)C(CS(=O)(=O)CCC(C)C)c1ccccc1. The third kappa shape index (κ3) is 5.33. The van der Waals surface area contributed by atoms with Crippen molar-refractivity contribution in [3.05, 3.63) is 35.9 Å². The fraction of sp³-hybridized carbons (Fsp3) is 0.533. The van der Waals surface area contributed by atoms with E-state index in [2.05, 4.69) is 0 Å². The highest BCUT2D eigenvalue weighted by Gasteiger charge is 2.27. The second-order valence-corrected chi connectivity index (χ2v) is 7.51. The van der Waals surface area contributed by atoms with Gasteiger partial charge in [0.2, 0.25) is 0 Å². The summed E-state index contributed by atoms with van der Waals surface area (Å²) >= 11 is 0. The van der Waals surface area contributed by atoms with E-state index in [9.17, 15) is 13.2 Å². The Hall–Kier alpha value is -1.36.